The molecular formula is C18H21N5O2. The Morgan fingerprint density at radius 2 is 2.12 bits per heavy atom. The minimum atomic E-state index is -0.399. The molecule has 7 nitrogen and oxygen atoms in total. The molecular weight excluding hydrogens is 318 g/mol. The molecule has 2 aromatic heterocycles. The van der Waals surface area contributed by atoms with Gasteiger partial charge in [-0.2, -0.15) is 0 Å². The van der Waals surface area contributed by atoms with E-state index in [2.05, 4.69) is 21.4 Å². The fraction of sp³-hybridized carbons (Fsp3) is 0.333. The molecule has 3 heterocycles. The lowest BCUT2D eigenvalue weighted by atomic mass is 10.1. The summed E-state index contributed by atoms with van der Waals surface area (Å²) < 4.78 is 5.49. The number of hydrogen-bond acceptors (Lipinski definition) is 5. The Kier molecular flexibility index (Phi) is 4.25. The molecule has 1 aromatic carbocycles. The van der Waals surface area contributed by atoms with Crippen molar-refractivity contribution in [2.45, 2.75) is 12.5 Å². The van der Waals surface area contributed by atoms with Crippen LogP contribution in [-0.2, 0) is 6.42 Å². The van der Waals surface area contributed by atoms with E-state index < -0.39 is 6.04 Å². The van der Waals surface area contributed by atoms with Gasteiger partial charge in [-0.3, -0.25) is 4.79 Å². The molecule has 1 amide bonds. The zero-order valence-electron chi connectivity index (χ0n) is 13.9. The smallest absolute Gasteiger partial charge is 0.275 e. The minimum absolute atomic E-state index is 0.101. The topological polar surface area (TPSA) is 100 Å². The Bertz CT molecular complexity index is 878. The van der Waals surface area contributed by atoms with Gasteiger partial charge in [-0.25, -0.2) is 4.98 Å². The largest absolute Gasteiger partial charge is 0.446 e. The monoisotopic (exact) mass is 339 g/mol. The van der Waals surface area contributed by atoms with Crippen LogP contribution in [0.1, 0.15) is 28.0 Å². The van der Waals surface area contributed by atoms with Crippen molar-refractivity contribution < 1.29 is 9.21 Å². The van der Waals surface area contributed by atoms with Crippen molar-refractivity contribution in [2.24, 2.45) is 5.73 Å². The van der Waals surface area contributed by atoms with E-state index in [0.717, 1.165) is 29.6 Å². The fourth-order valence-corrected chi connectivity index (χ4v) is 3.21. The van der Waals surface area contributed by atoms with Crippen LogP contribution in [0.25, 0.3) is 10.9 Å². The first-order chi connectivity index (χ1) is 12.2. The number of rotatable bonds is 4. The molecule has 1 saturated heterocycles. The van der Waals surface area contributed by atoms with Crippen LogP contribution in [0.3, 0.4) is 0 Å². The number of nitrogens with one attached hydrogen (secondary N) is 2. The number of aromatic amines is 1. The van der Waals surface area contributed by atoms with Gasteiger partial charge in [0, 0.05) is 43.3 Å². The number of carbonyl (C=O) groups is 1. The maximum absolute atomic E-state index is 12.5. The lowest BCUT2D eigenvalue weighted by molar-refractivity contribution is 0.0730. The maximum atomic E-state index is 12.5. The number of hydrogen-bond donors (Lipinski definition) is 3. The van der Waals surface area contributed by atoms with Crippen LogP contribution in [0.4, 0.5) is 0 Å². The average molecular weight is 339 g/mol. The van der Waals surface area contributed by atoms with Gasteiger partial charge in [-0.1, -0.05) is 18.2 Å². The third-order valence-corrected chi connectivity index (χ3v) is 4.58. The molecule has 0 radical (unpaired) electrons. The molecule has 4 rings (SSSR count). The number of aromatic nitrogens is 2. The Labute approximate surface area is 145 Å². The van der Waals surface area contributed by atoms with E-state index in [1.807, 2.05) is 24.4 Å². The Balaban J connectivity index is 1.48. The number of nitrogens with zero attached hydrogens (tertiary/aromatic N) is 2. The number of nitrogens with two attached hydrogens (primary N) is 1. The number of piperazine rings is 1. The summed E-state index contributed by atoms with van der Waals surface area (Å²) in [6.07, 6.45) is 3.96. The van der Waals surface area contributed by atoms with Crippen LogP contribution in [0.15, 0.2) is 41.1 Å². The summed E-state index contributed by atoms with van der Waals surface area (Å²) in [5.41, 5.74) is 8.77. The van der Waals surface area contributed by atoms with Gasteiger partial charge in [0.1, 0.15) is 6.26 Å². The van der Waals surface area contributed by atoms with Gasteiger partial charge < -0.3 is 25.4 Å². The van der Waals surface area contributed by atoms with E-state index in [-0.39, 0.29) is 5.91 Å². The number of amides is 1. The summed E-state index contributed by atoms with van der Waals surface area (Å²) in [6.45, 7) is 2.97. The summed E-state index contributed by atoms with van der Waals surface area (Å²) in [5.74, 6) is 0.291. The highest BCUT2D eigenvalue weighted by Crippen LogP contribution is 2.23. The lowest BCUT2D eigenvalue weighted by Crippen LogP contribution is -2.46. The molecule has 1 aliphatic heterocycles. The number of H-pyrrole nitrogens is 1. The van der Waals surface area contributed by atoms with Gasteiger partial charge >= 0.3 is 0 Å². The van der Waals surface area contributed by atoms with E-state index >= 15 is 0 Å². The number of carbonyl (C=O) groups excluding carboxylic acids is 1. The van der Waals surface area contributed by atoms with Crippen LogP contribution in [0, 0.1) is 0 Å². The molecule has 1 atom stereocenters. The summed E-state index contributed by atoms with van der Waals surface area (Å²) in [7, 11) is 0. The van der Waals surface area contributed by atoms with Crippen LogP contribution in [0.2, 0.25) is 0 Å². The van der Waals surface area contributed by atoms with Crippen molar-refractivity contribution in [1.82, 2.24) is 20.2 Å². The second kappa shape index (κ2) is 6.70. The minimum Gasteiger partial charge on any atom is -0.446 e. The Morgan fingerprint density at radius 1 is 1.32 bits per heavy atom. The maximum Gasteiger partial charge on any atom is 0.275 e. The van der Waals surface area contributed by atoms with E-state index in [9.17, 15) is 4.79 Å². The zero-order valence-corrected chi connectivity index (χ0v) is 13.9. The predicted molar refractivity (Wildman–Crippen MR) is 94.2 cm³/mol. The highest BCUT2D eigenvalue weighted by molar-refractivity contribution is 5.92. The van der Waals surface area contributed by atoms with Gasteiger partial charge in [-0.15, -0.1) is 0 Å². The van der Waals surface area contributed by atoms with Crippen LogP contribution in [0.5, 0.6) is 0 Å². The Morgan fingerprint density at radius 3 is 2.96 bits per heavy atom. The molecule has 1 unspecified atom stereocenters. The zero-order chi connectivity index (χ0) is 17.2. The second-order valence-corrected chi connectivity index (χ2v) is 6.28. The second-order valence-electron chi connectivity index (χ2n) is 6.28. The summed E-state index contributed by atoms with van der Waals surface area (Å²) in [4.78, 5) is 21.8. The first-order valence-electron chi connectivity index (χ1n) is 8.48. The molecule has 25 heavy (non-hydrogen) atoms. The molecule has 130 valence electrons. The molecule has 0 saturated carbocycles. The molecule has 4 N–H and O–H groups in total. The highest BCUT2D eigenvalue weighted by Gasteiger charge is 2.23. The van der Waals surface area contributed by atoms with Gasteiger partial charge in [0.25, 0.3) is 5.91 Å². The van der Waals surface area contributed by atoms with Crippen molar-refractivity contribution in [1.29, 1.82) is 0 Å². The van der Waals surface area contributed by atoms with E-state index in [1.165, 1.54) is 6.26 Å². The fourth-order valence-electron chi connectivity index (χ4n) is 3.21. The van der Waals surface area contributed by atoms with Crippen molar-refractivity contribution in [2.75, 3.05) is 26.2 Å². The van der Waals surface area contributed by atoms with Gasteiger partial charge in [0.05, 0.1) is 6.04 Å². The van der Waals surface area contributed by atoms with Crippen LogP contribution >= 0.6 is 0 Å². The molecule has 0 bridgehead atoms. The highest BCUT2D eigenvalue weighted by atomic mass is 16.3. The third-order valence-electron chi connectivity index (χ3n) is 4.58. The van der Waals surface area contributed by atoms with Crippen molar-refractivity contribution in [3.05, 3.63) is 53.9 Å². The van der Waals surface area contributed by atoms with Gasteiger partial charge in [0.2, 0.25) is 5.89 Å². The Hall–Kier alpha value is -2.64. The van der Waals surface area contributed by atoms with Crippen molar-refractivity contribution in [3.8, 4) is 0 Å². The standard InChI is InChI=1S/C18H21N5O2/c19-14(9-12-10-21-15-4-2-1-3-13(12)15)17-22-16(11-25-17)18(24)23-7-5-20-6-8-23/h1-4,10-11,14,20-21H,5-9,19H2. The van der Waals surface area contributed by atoms with E-state index in [4.69, 9.17) is 10.2 Å². The first kappa shape index (κ1) is 15.9. The molecule has 1 aliphatic rings. The van der Waals surface area contributed by atoms with Gasteiger partial charge in [0.15, 0.2) is 5.69 Å². The summed E-state index contributed by atoms with van der Waals surface area (Å²) in [5, 5.41) is 4.36. The number of benzene rings is 1. The summed E-state index contributed by atoms with van der Waals surface area (Å²) >= 11 is 0. The number of oxazole rings is 1. The number of fused-ring (bicyclic) bond motifs is 1. The van der Waals surface area contributed by atoms with E-state index in [0.29, 0.717) is 31.1 Å². The summed E-state index contributed by atoms with van der Waals surface area (Å²) in [6, 6.07) is 7.68. The average Bonchev–Trinajstić information content (AvgIpc) is 3.30. The molecule has 0 spiro atoms. The van der Waals surface area contributed by atoms with Crippen molar-refractivity contribution in [3.63, 3.8) is 0 Å². The van der Waals surface area contributed by atoms with Gasteiger partial charge in [-0.05, 0) is 18.1 Å². The molecule has 0 aliphatic carbocycles. The van der Waals surface area contributed by atoms with Crippen LogP contribution < -0.4 is 11.1 Å². The van der Waals surface area contributed by atoms with E-state index in [1.54, 1.807) is 4.90 Å². The third kappa shape index (κ3) is 3.16. The SMILES string of the molecule is NC(Cc1c[nH]c2ccccc12)c1nc(C(=O)N2CCNCC2)co1. The molecule has 1 fully saturated rings. The predicted octanol–water partition coefficient (Wildman–Crippen LogP) is 1.44. The van der Waals surface area contributed by atoms with Crippen LogP contribution in [-0.4, -0.2) is 47.0 Å². The lowest BCUT2D eigenvalue weighted by Gasteiger charge is -2.26. The first-order valence-corrected chi connectivity index (χ1v) is 8.48. The quantitative estimate of drug-likeness (QED) is 0.668. The number of para-hydroxylation sites is 1. The molecule has 7 heteroatoms. The molecule has 3 aromatic rings. The van der Waals surface area contributed by atoms with Crippen molar-refractivity contribution >= 4 is 16.8 Å². The normalized spacial score (nSPS) is 16.3.